The molecule has 42 heavy (non-hydrogen) atoms. The van der Waals surface area contributed by atoms with Crippen molar-refractivity contribution in [3.8, 4) is 0 Å². The fourth-order valence-electron chi connectivity index (χ4n) is 7.09. The summed E-state index contributed by atoms with van der Waals surface area (Å²) < 4.78 is 11.8. The van der Waals surface area contributed by atoms with Crippen LogP contribution < -0.4 is 4.90 Å². The molecule has 6 atom stereocenters. The Kier molecular flexibility index (Phi) is 8.89. The summed E-state index contributed by atoms with van der Waals surface area (Å²) in [5, 5.41) is 10.1. The highest BCUT2D eigenvalue weighted by Crippen LogP contribution is 2.46. The van der Waals surface area contributed by atoms with E-state index >= 15 is 0 Å². The molecular weight excluding hydrogens is 552 g/mol. The number of carbonyl (C=O) groups is 3. The van der Waals surface area contributed by atoms with Gasteiger partial charge in [-0.05, 0) is 67.1 Å². The van der Waals surface area contributed by atoms with E-state index in [-0.39, 0.29) is 54.9 Å². The molecule has 10 heteroatoms. The van der Waals surface area contributed by atoms with Crippen molar-refractivity contribution in [2.24, 2.45) is 5.92 Å². The zero-order valence-electron chi connectivity index (χ0n) is 24.9. The monoisotopic (exact) mass is 594 g/mol. The first-order chi connectivity index (χ1) is 20.0. The molecule has 3 aliphatic heterocycles. The van der Waals surface area contributed by atoms with E-state index in [4.69, 9.17) is 9.47 Å². The van der Waals surface area contributed by atoms with Gasteiger partial charge in [0, 0.05) is 24.7 Å². The van der Waals surface area contributed by atoms with Gasteiger partial charge < -0.3 is 24.3 Å². The normalized spacial score (nSPS) is 27.4. The van der Waals surface area contributed by atoms with E-state index in [0.717, 1.165) is 16.7 Å². The molecule has 2 aromatic rings. The number of β-lactam (4-membered cyclic amide) rings is 1. The molecule has 0 saturated carbocycles. The van der Waals surface area contributed by atoms with Gasteiger partial charge in [-0.1, -0.05) is 43.3 Å². The first-order valence-corrected chi connectivity index (χ1v) is 17.9. The van der Waals surface area contributed by atoms with E-state index in [1.165, 1.54) is 11.8 Å². The molecule has 2 N–H and O–H groups in total. The molecule has 0 radical (unpaired) electrons. The van der Waals surface area contributed by atoms with Gasteiger partial charge in [0.1, 0.15) is 0 Å². The van der Waals surface area contributed by atoms with E-state index in [0.29, 0.717) is 31.5 Å². The molecule has 9 nitrogen and oxygen atoms in total. The molecule has 0 aromatic heterocycles. The van der Waals surface area contributed by atoms with E-state index in [1.807, 2.05) is 55.6 Å². The lowest BCUT2D eigenvalue weighted by molar-refractivity contribution is -0.154. The smallest absolute Gasteiger partial charge is 0.304 e. The van der Waals surface area contributed by atoms with Gasteiger partial charge in [-0.15, -0.1) is 0 Å². The fraction of sp³-hybridized carbons (Fsp3) is 0.531. The number of nitrogens with zero attached hydrogens (tertiary/aromatic N) is 2. The second-order valence-corrected chi connectivity index (χ2v) is 16.5. The Morgan fingerprint density at radius 1 is 1.07 bits per heavy atom. The molecule has 2 amide bonds. The first kappa shape index (κ1) is 30.4. The summed E-state index contributed by atoms with van der Waals surface area (Å²) in [6.45, 7) is 7.64. The molecule has 226 valence electrons. The molecule has 2 saturated heterocycles. The number of hydrogen-bond acceptors (Lipinski definition) is 7. The number of ether oxygens (including phenoxy) is 2. The first-order valence-electron chi connectivity index (χ1n) is 14.9. The quantitative estimate of drug-likeness (QED) is 0.259. The number of fused-ring (bicyclic) bond motifs is 1. The van der Waals surface area contributed by atoms with Crippen LogP contribution >= 0.6 is 0 Å². The van der Waals surface area contributed by atoms with Crippen LogP contribution in [0, 0.1) is 5.92 Å². The van der Waals surface area contributed by atoms with Crippen LogP contribution in [-0.2, 0) is 43.2 Å². The van der Waals surface area contributed by atoms with Crippen LogP contribution in [0.1, 0.15) is 49.8 Å². The van der Waals surface area contributed by atoms with Gasteiger partial charge in [0.15, 0.2) is 14.5 Å². The Morgan fingerprint density at radius 2 is 1.81 bits per heavy atom. The Hall–Kier alpha value is -3.05. The summed E-state index contributed by atoms with van der Waals surface area (Å²) in [5.74, 6) is -0.495. The number of amides is 2. The van der Waals surface area contributed by atoms with Crippen LogP contribution in [0.4, 0.5) is 5.69 Å². The Bertz CT molecular complexity index is 1330. The largest absolute Gasteiger partial charge is 0.441 e. The van der Waals surface area contributed by atoms with Gasteiger partial charge in [-0.2, -0.15) is 0 Å². The van der Waals surface area contributed by atoms with Gasteiger partial charge in [-0.3, -0.25) is 19.3 Å². The fourth-order valence-corrected chi connectivity index (χ4v) is 9.70. The van der Waals surface area contributed by atoms with Crippen LogP contribution in [0.15, 0.2) is 48.5 Å². The minimum atomic E-state index is -2.68. The van der Waals surface area contributed by atoms with Crippen LogP contribution in [0.2, 0.25) is 18.6 Å². The summed E-state index contributed by atoms with van der Waals surface area (Å²) in [6.07, 6.45) is 1.27. The Labute approximate surface area is 248 Å². The highest BCUT2D eigenvalue weighted by Gasteiger charge is 2.50. The molecule has 5 rings (SSSR count). The maximum Gasteiger partial charge on any atom is 0.304 e. The number of hydrogen-bond donors (Lipinski definition) is 2. The van der Waals surface area contributed by atoms with Gasteiger partial charge >= 0.3 is 5.97 Å². The summed E-state index contributed by atoms with van der Waals surface area (Å²) in [4.78, 5) is 51.9. The molecule has 3 aliphatic rings. The van der Waals surface area contributed by atoms with E-state index in [2.05, 4.69) is 13.0 Å². The third-order valence-corrected chi connectivity index (χ3v) is 11.6. The number of aliphatic hydroxyl groups excluding tert-OH is 1. The van der Waals surface area contributed by atoms with E-state index < -0.39 is 26.6 Å². The van der Waals surface area contributed by atoms with Gasteiger partial charge in [0.25, 0.3) is 0 Å². The van der Waals surface area contributed by atoms with Crippen molar-refractivity contribution in [1.29, 1.82) is 0 Å². The Balaban J connectivity index is 1.26. The number of anilines is 1. The van der Waals surface area contributed by atoms with Crippen LogP contribution in [-0.4, -0.2) is 72.0 Å². The van der Waals surface area contributed by atoms with Crippen LogP contribution in [0.3, 0.4) is 0 Å². The van der Waals surface area contributed by atoms with Crippen molar-refractivity contribution in [2.75, 3.05) is 11.5 Å². The lowest BCUT2D eigenvalue weighted by Crippen LogP contribution is -2.54. The number of benzene rings is 2. The summed E-state index contributed by atoms with van der Waals surface area (Å²) >= 11 is 0. The standard InChI is InChI=1S/C32H42N2O7Si/c1-20-27(13-12-22-8-7-11-25(14-22)34-30(38)17-31(34)40-21(2)36)41-28(32(20)42(3,4)39)16-29(37)33-18-24-10-6-5-9-23(24)15-26(33)19-35/h5-11,14,20,26-28,31-32,35,39H,12-13,15-19H2,1-4H3/t20-,26+,27+,28-,31?,32+/m1/s1. The third-order valence-electron chi connectivity index (χ3n) is 9.10. The molecule has 0 spiro atoms. The average molecular weight is 595 g/mol. The number of carbonyl (C=O) groups excluding carboxylic acids is 3. The van der Waals surface area contributed by atoms with Gasteiger partial charge in [-0.25, -0.2) is 0 Å². The zero-order chi connectivity index (χ0) is 30.2. The molecule has 0 aliphatic carbocycles. The highest BCUT2D eigenvalue weighted by atomic mass is 28.4. The molecule has 2 fully saturated rings. The van der Waals surface area contributed by atoms with Crippen molar-refractivity contribution < 1.29 is 33.8 Å². The second-order valence-electron chi connectivity index (χ2n) is 12.5. The third kappa shape index (κ3) is 6.32. The maximum atomic E-state index is 13.7. The second kappa shape index (κ2) is 12.3. The summed E-state index contributed by atoms with van der Waals surface area (Å²) in [7, 11) is -2.68. The van der Waals surface area contributed by atoms with Crippen LogP contribution in [0.5, 0.6) is 0 Å². The SMILES string of the molecule is CC(=O)OC1CC(=O)N1c1cccc(CC[C@@H]2O[C@H](CC(=O)N3Cc4ccccc4C[C@H]3CO)[C@@H]([Si](C)(C)O)[C@@H]2C)c1. The predicted octanol–water partition coefficient (Wildman–Crippen LogP) is 3.55. The molecule has 2 aromatic carbocycles. The van der Waals surface area contributed by atoms with Crippen molar-refractivity contribution in [3.63, 3.8) is 0 Å². The number of rotatable bonds is 9. The van der Waals surface area contributed by atoms with Crippen molar-refractivity contribution in [3.05, 3.63) is 65.2 Å². The van der Waals surface area contributed by atoms with Crippen molar-refractivity contribution >= 4 is 31.8 Å². The number of aliphatic hydroxyl groups is 1. The van der Waals surface area contributed by atoms with Crippen molar-refractivity contribution in [1.82, 2.24) is 4.90 Å². The van der Waals surface area contributed by atoms with Crippen LogP contribution in [0.25, 0.3) is 0 Å². The highest BCUT2D eigenvalue weighted by molar-refractivity contribution is 6.71. The van der Waals surface area contributed by atoms with Gasteiger partial charge in [0.05, 0.1) is 37.7 Å². The minimum absolute atomic E-state index is 0.0566. The molecule has 3 heterocycles. The van der Waals surface area contributed by atoms with Gasteiger partial charge in [0.2, 0.25) is 11.8 Å². The van der Waals surface area contributed by atoms with E-state index in [9.17, 15) is 24.3 Å². The summed E-state index contributed by atoms with van der Waals surface area (Å²) in [6, 6.07) is 15.4. The van der Waals surface area contributed by atoms with E-state index in [1.54, 1.807) is 4.90 Å². The van der Waals surface area contributed by atoms with Crippen molar-refractivity contribution in [2.45, 2.75) is 95.6 Å². The maximum absolute atomic E-state index is 13.7. The lowest BCUT2D eigenvalue weighted by atomic mass is 9.93. The predicted molar refractivity (Wildman–Crippen MR) is 160 cm³/mol. The average Bonchev–Trinajstić information content (AvgIpc) is 3.25. The lowest BCUT2D eigenvalue weighted by Gasteiger charge is -2.39. The molecular formula is C32H42N2O7Si. The summed E-state index contributed by atoms with van der Waals surface area (Å²) in [5.41, 5.74) is 3.88. The molecule has 0 bridgehead atoms. The topological polar surface area (TPSA) is 117 Å². The Morgan fingerprint density at radius 3 is 2.48 bits per heavy atom. The number of esters is 1. The minimum Gasteiger partial charge on any atom is -0.441 e. The molecule has 1 unspecified atom stereocenters. The zero-order valence-corrected chi connectivity index (χ0v) is 25.9. The number of aryl methyl sites for hydroxylation is 1.